The fourth-order valence-electron chi connectivity index (χ4n) is 1.21. The highest BCUT2D eigenvalue weighted by molar-refractivity contribution is 7.96. The van der Waals surface area contributed by atoms with Gasteiger partial charge >= 0.3 is 5.97 Å². The molecule has 0 aliphatic heterocycles. The summed E-state index contributed by atoms with van der Waals surface area (Å²) in [5.74, 6) is -1.65. The summed E-state index contributed by atoms with van der Waals surface area (Å²) in [7, 11) is 0. The SMILES string of the molecule is O=C(O)CC(C(=O)S)c1ccccc1. The molecular formula is C10H10O3S. The molecule has 74 valence electrons. The Hall–Kier alpha value is -1.29. The van der Waals surface area contributed by atoms with Crippen LogP contribution in [0.1, 0.15) is 17.9 Å². The van der Waals surface area contributed by atoms with Gasteiger partial charge in [-0.1, -0.05) is 30.3 Å². The third-order valence-corrected chi connectivity index (χ3v) is 2.19. The molecule has 14 heavy (non-hydrogen) atoms. The van der Waals surface area contributed by atoms with E-state index in [9.17, 15) is 9.59 Å². The zero-order valence-corrected chi connectivity index (χ0v) is 8.28. The Balaban J connectivity index is 2.89. The van der Waals surface area contributed by atoms with Gasteiger partial charge in [-0.25, -0.2) is 0 Å². The number of hydrogen-bond acceptors (Lipinski definition) is 2. The fourth-order valence-corrected chi connectivity index (χ4v) is 1.45. The Morgan fingerprint density at radius 3 is 2.29 bits per heavy atom. The van der Waals surface area contributed by atoms with Crippen molar-refractivity contribution in [3.63, 3.8) is 0 Å². The molecule has 1 unspecified atom stereocenters. The zero-order valence-electron chi connectivity index (χ0n) is 7.38. The summed E-state index contributed by atoms with van der Waals surface area (Å²) in [6.07, 6.45) is -0.216. The highest BCUT2D eigenvalue weighted by atomic mass is 32.1. The predicted molar refractivity (Wildman–Crippen MR) is 55.4 cm³/mol. The number of carbonyl (C=O) groups is 2. The van der Waals surface area contributed by atoms with Crippen molar-refractivity contribution in [1.29, 1.82) is 0 Å². The van der Waals surface area contributed by atoms with Crippen LogP contribution in [-0.4, -0.2) is 16.2 Å². The second-order valence-electron chi connectivity index (χ2n) is 2.90. The molecule has 0 aliphatic rings. The average molecular weight is 210 g/mol. The van der Waals surface area contributed by atoms with Gasteiger partial charge in [0.2, 0.25) is 0 Å². The summed E-state index contributed by atoms with van der Waals surface area (Å²) in [6, 6.07) is 8.79. The first-order valence-electron chi connectivity index (χ1n) is 4.11. The molecule has 0 spiro atoms. The fraction of sp³-hybridized carbons (Fsp3) is 0.200. The van der Waals surface area contributed by atoms with Crippen LogP contribution >= 0.6 is 12.6 Å². The largest absolute Gasteiger partial charge is 0.481 e. The van der Waals surface area contributed by atoms with Crippen LogP contribution in [0.5, 0.6) is 0 Å². The minimum Gasteiger partial charge on any atom is -0.481 e. The maximum absolute atomic E-state index is 11.1. The van der Waals surface area contributed by atoms with Crippen LogP contribution in [0.2, 0.25) is 0 Å². The minimum atomic E-state index is -0.999. The lowest BCUT2D eigenvalue weighted by Gasteiger charge is -2.10. The lowest BCUT2D eigenvalue weighted by molar-refractivity contribution is -0.138. The Bertz CT molecular complexity index is 334. The first kappa shape index (κ1) is 10.8. The van der Waals surface area contributed by atoms with E-state index in [1.807, 2.05) is 6.07 Å². The molecule has 3 nitrogen and oxygen atoms in total. The lowest BCUT2D eigenvalue weighted by Crippen LogP contribution is -2.12. The van der Waals surface area contributed by atoms with E-state index in [-0.39, 0.29) is 6.42 Å². The Labute approximate surface area is 87.2 Å². The number of carboxylic acids is 1. The second-order valence-corrected chi connectivity index (χ2v) is 3.34. The number of carbonyl (C=O) groups excluding carboxylic acids is 1. The van der Waals surface area contributed by atoms with Crippen LogP contribution in [0.3, 0.4) is 0 Å². The predicted octanol–water partition coefficient (Wildman–Crippen LogP) is 1.70. The Kier molecular flexibility index (Phi) is 3.71. The Morgan fingerprint density at radius 1 is 1.29 bits per heavy atom. The normalized spacial score (nSPS) is 12.1. The van der Waals surface area contributed by atoms with E-state index in [1.54, 1.807) is 24.3 Å². The third kappa shape index (κ3) is 2.88. The highest BCUT2D eigenvalue weighted by Crippen LogP contribution is 2.21. The third-order valence-electron chi connectivity index (χ3n) is 1.88. The molecular weight excluding hydrogens is 200 g/mol. The number of hydrogen-bond donors (Lipinski definition) is 2. The molecule has 1 atom stereocenters. The standard InChI is InChI=1S/C10H10O3S/c11-9(12)6-8(10(13)14)7-4-2-1-3-5-7/h1-5,8H,6H2,(H,11,12)(H,13,14). The van der Waals surface area contributed by atoms with E-state index in [0.29, 0.717) is 5.56 Å². The van der Waals surface area contributed by atoms with Crippen LogP contribution in [0.15, 0.2) is 30.3 Å². The summed E-state index contributed by atoms with van der Waals surface area (Å²) in [6.45, 7) is 0. The zero-order chi connectivity index (χ0) is 10.6. The molecule has 0 saturated heterocycles. The molecule has 1 rings (SSSR count). The molecule has 4 heteroatoms. The molecule has 0 fully saturated rings. The summed E-state index contributed by atoms with van der Waals surface area (Å²) in [5, 5.41) is 8.19. The summed E-state index contributed by atoms with van der Waals surface area (Å²) < 4.78 is 0. The number of thiol groups is 1. The van der Waals surface area contributed by atoms with Gasteiger partial charge in [0.05, 0.1) is 12.3 Å². The maximum Gasteiger partial charge on any atom is 0.304 e. The van der Waals surface area contributed by atoms with Crippen molar-refractivity contribution in [1.82, 2.24) is 0 Å². The lowest BCUT2D eigenvalue weighted by atomic mass is 9.97. The molecule has 1 aromatic carbocycles. The van der Waals surface area contributed by atoms with Gasteiger partial charge in [-0.15, -0.1) is 12.6 Å². The molecule has 0 amide bonds. The van der Waals surface area contributed by atoms with Gasteiger partial charge in [-0.2, -0.15) is 0 Å². The summed E-state index contributed by atoms with van der Waals surface area (Å²) in [4.78, 5) is 21.6. The topological polar surface area (TPSA) is 54.4 Å². The van der Waals surface area contributed by atoms with E-state index in [2.05, 4.69) is 12.6 Å². The minimum absolute atomic E-state index is 0.216. The van der Waals surface area contributed by atoms with Gasteiger partial charge in [0.25, 0.3) is 0 Å². The van der Waals surface area contributed by atoms with Gasteiger partial charge in [0, 0.05) is 0 Å². The van der Waals surface area contributed by atoms with E-state index >= 15 is 0 Å². The van der Waals surface area contributed by atoms with Gasteiger partial charge < -0.3 is 5.11 Å². The molecule has 0 heterocycles. The van der Waals surface area contributed by atoms with Crippen LogP contribution in [0.4, 0.5) is 0 Å². The van der Waals surface area contributed by atoms with Crippen molar-refractivity contribution in [3.05, 3.63) is 35.9 Å². The van der Waals surface area contributed by atoms with Gasteiger partial charge in [-0.3, -0.25) is 9.59 Å². The Morgan fingerprint density at radius 2 is 1.86 bits per heavy atom. The highest BCUT2D eigenvalue weighted by Gasteiger charge is 2.20. The van der Waals surface area contributed by atoms with Gasteiger partial charge in [0.1, 0.15) is 0 Å². The smallest absolute Gasteiger partial charge is 0.304 e. The van der Waals surface area contributed by atoms with E-state index in [1.165, 1.54) is 0 Å². The molecule has 1 N–H and O–H groups in total. The van der Waals surface area contributed by atoms with Crippen molar-refractivity contribution in [2.75, 3.05) is 0 Å². The van der Waals surface area contributed by atoms with Gasteiger partial charge in [-0.05, 0) is 5.56 Å². The van der Waals surface area contributed by atoms with Crippen LogP contribution in [-0.2, 0) is 9.59 Å². The second kappa shape index (κ2) is 4.81. The quantitative estimate of drug-likeness (QED) is 0.744. The molecule has 0 aliphatic carbocycles. The van der Waals surface area contributed by atoms with Crippen LogP contribution in [0.25, 0.3) is 0 Å². The molecule has 0 radical (unpaired) electrons. The van der Waals surface area contributed by atoms with Crippen LogP contribution < -0.4 is 0 Å². The van der Waals surface area contributed by atoms with Crippen molar-refractivity contribution in [2.24, 2.45) is 0 Å². The number of rotatable bonds is 4. The van der Waals surface area contributed by atoms with Crippen molar-refractivity contribution in [2.45, 2.75) is 12.3 Å². The number of carboxylic acid groups (broad SMARTS) is 1. The number of benzene rings is 1. The van der Waals surface area contributed by atoms with E-state index < -0.39 is 17.0 Å². The number of aliphatic carboxylic acids is 1. The first-order chi connectivity index (χ1) is 6.61. The molecule has 1 aromatic rings. The molecule has 0 bridgehead atoms. The van der Waals surface area contributed by atoms with E-state index in [0.717, 1.165) is 0 Å². The molecule has 0 aromatic heterocycles. The van der Waals surface area contributed by atoms with Crippen molar-refractivity contribution >= 4 is 23.7 Å². The summed E-state index contributed by atoms with van der Waals surface area (Å²) >= 11 is 3.68. The summed E-state index contributed by atoms with van der Waals surface area (Å²) in [5.41, 5.74) is 0.690. The monoisotopic (exact) mass is 210 g/mol. The maximum atomic E-state index is 11.1. The van der Waals surface area contributed by atoms with E-state index in [4.69, 9.17) is 5.11 Å². The molecule has 0 saturated carbocycles. The first-order valence-corrected chi connectivity index (χ1v) is 4.55. The van der Waals surface area contributed by atoms with Crippen molar-refractivity contribution < 1.29 is 14.7 Å². The average Bonchev–Trinajstić information content (AvgIpc) is 2.15. The van der Waals surface area contributed by atoms with Crippen molar-refractivity contribution in [3.8, 4) is 0 Å². The van der Waals surface area contributed by atoms with Gasteiger partial charge in [0.15, 0.2) is 5.12 Å². The van der Waals surface area contributed by atoms with Crippen LogP contribution in [0, 0.1) is 0 Å².